The average Bonchev–Trinajstić information content (AvgIpc) is 2.85. The number of benzene rings is 1. The van der Waals surface area contributed by atoms with Gasteiger partial charge in [-0.1, -0.05) is 19.1 Å². The molecule has 0 aliphatic heterocycles. The highest BCUT2D eigenvalue weighted by molar-refractivity contribution is 6.12. The summed E-state index contributed by atoms with van der Waals surface area (Å²) in [6.07, 6.45) is 2.13. The quantitative estimate of drug-likeness (QED) is 0.778. The lowest BCUT2D eigenvalue weighted by molar-refractivity contribution is 0.102. The molecule has 2 N–H and O–H groups in total. The summed E-state index contributed by atoms with van der Waals surface area (Å²) in [6, 6.07) is 7.57. The normalized spacial score (nSPS) is 10.8. The van der Waals surface area contributed by atoms with E-state index >= 15 is 0 Å². The van der Waals surface area contributed by atoms with Gasteiger partial charge in [0.15, 0.2) is 0 Å². The molecule has 0 spiro atoms. The number of carbonyl (C=O) groups excluding carboxylic acids is 1. The first-order valence-electron chi connectivity index (χ1n) is 6.97. The van der Waals surface area contributed by atoms with Crippen LogP contribution in [0.4, 0.5) is 5.69 Å². The van der Waals surface area contributed by atoms with Crippen molar-refractivity contribution in [3.8, 4) is 0 Å². The van der Waals surface area contributed by atoms with E-state index in [0.29, 0.717) is 11.4 Å². The predicted molar refractivity (Wildman–Crippen MR) is 83.1 cm³/mol. The van der Waals surface area contributed by atoms with Crippen LogP contribution in [-0.2, 0) is 6.42 Å². The molecule has 0 aliphatic rings. The number of nitrogens with one attached hydrogen (secondary N) is 2. The Labute approximate surface area is 126 Å². The highest BCUT2D eigenvalue weighted by atomic mass is 16.3. The lowest BCUT2D eigenvalue weighted by Crippen LogP contribution is -2.16. The zero-order chi connectivity index (χ0) is 15.7. The van der Waals surface area contributed by atoms with Crippen LogP contribution in [0.3, 0.4) is 0 Å². The maximum Gasteiger partial charge on any atom is 0.262 e. The van der Waals surface area contributed by atoms with Gasteiger partial charge in [0.2, 0.25) is 5.71 Å². The minimum atomic E-state index is -0.394. The number of rotatable bonds is 3. The van der Waals surface area contributed by atoms with Crippen LogP contribution in [0.5, 0.6) is 0 Å². The Morgan fingerprint density at radius 2 is 2.23 bits per heavy atom. The third-order valence-corrected chi connectivity index (χ3v) is 3.49. The van der Waals surface area contributed by atoms with Gasteiger partial charge in [-0.25, -0.2) is 4.98 Å². The largest absolute Gasteiger partial charge is 0.442 e. The van der Waals surface area contributed by atoms with Crippen LogP contribution in [0, 0.1) is 6.92 Å². The van der Waals surface area contributed by atoms with E-state index in [0.717, 1.165) is 12.0 Å². The second-order valence-corrected chi connectivity index (χ2v) is 4.95. The Morgan fingerprint density at radius 1 is 1.41 bits per heavy atom. The first-order valence-corrected chi connectivity index (χ1v) is 6.97. The first kappa shape index (κ1) is 14.1. The number of aromatic amines is 1. The Hall–Kier alpha value is -2.89. The van der Waals surface area contributed by atoms with Gasteiger partial charge in [0, 0.05) is 5.69 Å². The van der Waals surface area contributed by atoms with Crippen LogP contribution in [0.25, 0.3) is 11.1 Å². The molecule has 0 radical (unpaired) electrons. The third-order valence-electron chi connectivity index (χ3n) is 3.49. The number of fused-ring (bicyclic) bond motifs is 1. The van der Waals surface area contributed by atoms with Gasteiger partial charge in [0.05, 0.1) is 11.9 Å². The molecule has 6 heteroatoms. The summed E-state index contributed by atoms with van der Waals surface area (Å²) in [5.74, 6) is -0.0219. The van der Waals surface area contributed by atoms with Crippen molar-refractivity contribution in [1.29, 1.82) is 0 Å². The molecule has 0 unspecified atom stereocenters. The molecule has 0 aliphatic carbocycles. The summed E-state index contributed by atoms with van der Waals surface area (Å²) in [6.45, 7) is 3.68. The zero-order valence-corrected chi connectivity index (χ0v) is 12.3. The summed E-state index contributed by atoms with van der Waals surface area (Å²) >= 11 is 0. The molecule has 2 aromatic heterocycles. The van der Waals surface area contributed by atoms with Crippen LogP contribution in [-0.4, -0.2) is 15.9 Å². The van der Waals surface area contributed by atoms with Crippen molar-refractivity contribution in [1.82, 2.24) is 9.97 Å². The number of hydrogen-bond acceptors (Lipinski definition) is 4. The van der Waals surface area contributed by atoms with E-state index in [-0.39, 0.29) is 22.6 Å². The minimum Gasteiger partial charge on any atom is -0.442 e. The molecule has 0 bridgehead atoms. The molecule has 3 rings (SSSR count). The standard InChI is InChI=1S/C16H15N3O3/c1-3-10-5-4-6-11(7-10)19-15(21)12-9(2)22-16-13(12)14(20)17-8-18-16/h4-8H,3H2,1-2H3,(H,19,21)(H,17,18,20). The van der Waals surface area contributed by atoms with Crippen molar-refractivity contribution >= 4 is 22.7 Å². The van der Waals surface area contributed by atoms with Gasteiger partial charge in [0.25, 0.3) is 11.5 Å². The second kappa shape index (κ2) is 5.48. The summed E-state index contributed by atoms with van der Waals surface area (Å²) in [7, 11) is 0. The zero-order valence-electron chi connectivity index (χ0n) is 12.3. The molecule has 6 nitrogen and oxygen atoms in total. The Bertz CT molecular complexity index is 908. The topological polar surface area (TPSA) is 88.0 Å². The molecule has 2 heterocycles. The van der Waals surface area contributed by atoms with Crippen LogP contribution in [0.1, 0.15) is 28.6 Å². The first-order chi connectivity index (χ1) is 10.6. The molecule has 1 aromatic carbocycles. The van der Waals surface area contributed by atoms with Gasteiger partial charge >= 0.3 is 0 Å². The highest BCUT2D eigenvalue weighted by Crippen LogP contribution is 2.22. The van der Waals surface area contributed by atoms with E-state index in [4.69, 9.17) is 4.42 Å². The van der Waals surface area contributed by atoms with Crippen LogP contribution >= 0.6 is 0 Å². The van der Waals surface area contributed by atoms with Crippen molar-refractivity contribution in [3.05, 3.63) is 57.8 Å². The lowest BCUT2D eigenvalue weighted by Gasteiger charge is -2.06. The Morgan fingerprint density at radius 3 is 3.00 bits per heavy atom. The molecular formula is C16H15N3O3. The number of aromatic nitrogens is 2. The molecule has 112 valence electrons. The second-order valence-electron chi connectivity index (χ2n) is 4.95. The predicted octanol–water partition coefficient (Wildman–Crippen LogP) is 2.64. The smallest absolute Gasteiger partial charge is 0.262 e. The molecular weight excluding hydrogens is 282 g/mol. The number of furan rings is 1. The molecule has 22 heavy (non-hydrogen) atoms. The van der Waals surface area contributed by atoms with Gasteiger partial charge in [-0.05, 0) is 31.0 Å². The number of amides is 1. The van der Waals surface area contributed by atoms with E-state index in [1.807, 2.05) is 25.1 Å². The molecule has 0 saturated heterocycles. The number of nitrogens with zero attached hydrogens (tertiary/aromatic N) is 1. The fourth-order valence-electron chi connectivity index (χ4n) is 2.39. The minimum absolute atomic E-state index is 0.161. The molecule has 0 fully saturated rings. The van der Waals surface area contributed by atoms with Crippen molar-refractivity contribution < 1.29 is 9.21 Å². The summed E-state index contributed by atoms with van der Waals surface area (Å²) in [4.78, 5) is 30.8. The van der Waals surface area contributed by atoms with E-state index in [1.165, 1.54) is 6.33 Å². The third kappa shape index (κ3) is 2.39. The van der Waals surface area contributed by atoms with E-state index in [2.05, 4.69) is 15.3 Å². The molecule has 0 saturated carbocycles. The van der Waals surface area contributed by atoms with Crippen molar-refractivity contribution in [2.75, 3.05) is 5.32 Å². The van der Waals surface area contributed by atoms with Crippen molar-refractivity contribution in [3.63, 3.8) is 0 Å². The van der Waals surface area contributed by atoms with Gasteiger partial charge in [-0.15, -0.1) is 0 Å². The van der Waals surface area contributed by atoms with Gasteiger partial charge in [0.1, 0.15) is 11.1 Å². The number of hydrogen-bond donors (Lipinski definition) is 2. The van der Waals surface area contributed by atoms with E-state index in [9.17, 15) is 9.59 Å². The lowest BCUT2D eigenvalue weighted by atomic mass is 10.1. The molecule has 0 atom stereocenters. The van der Waals surface area contributed by atoms with Crippen molar-refractivity contribution in [2.45, 2.75) is 20.3 Å². The number of H-pyrrole nitrogens is 1. The Kier molecular flexibility index (Phi) is 3.50. The fraction of sp³-hybridized carbons (Fsp3) is 0.188. The number of carbonyl (C=O) groups is 1. The Balaban J connectivity index is 2.02. The van der Waals surface area contributed by atoms with Gasteiger partial charge < -0.3 is 14.7 Å². The average molecular weight is 297 g/mol. The highest BCUT2D eigenvalue weighted by Gasteiger charge is 2.21. The molecule has 3 aromatic rings. The van der Waals surface area contributed by atoms with Gasteiger partial charge in [-0.2, -0.15) is 0 Å². The van der Waals surface area contributed by atoms with E-state index < -0.39 is 5.56 Å². The van der Waals surface area contributed by atoms with E-state index in [1.54, 1.807) is 13.0 Å². The van der Waals surface area contributed by atoms with Crippen LogP contribution in [0.2, 0.25) is 0 Å². The van der Waals surface area contributed by atoms with Crippen LogP contribution < -0.4 is 10.9 Å². The maximum absolute atomic E-state index is 12.5. The summed E-state index contributed by atoms with van der Waals surface area (Å²) in [5, 5.41) is 2.97. The van der Waals surface area contributed by atoms with Crippen molar-refractivity contribution in [2.24, 2.45) is 0 Å². The summed E-state index contributed by atoms with van der Waals surface area (Å²) in [5.41, 5.74) is 1.78. The number of aryl methyl sites for hydroxylation is 2. The summed E-state index contributed by atoms with van der Waals surface area (Å²) < 4.78 is 5.39. The van der Waals surface area contributed by atoms with Crippen LogP contribution in [0.15, 0.2) is 39.8 Å². The number of anilines is 1. The maximum atomic E-state index is 12.5. The molecule has 1 amide bonds. The van der Waals surface area contributed by atoms with Gasteiger partial charge in [-0.3, -0.25) is 9.59 Å². The monoisotopic (exact) mass is 297 g/mol. The SMILES string of the molecule is CCc1cccc(NC(=O)c2c(C)oc3nc[nH]c(=O)c23)c1. The fourth-order valence-corrected chi connectivity index (χ4v) is 2.39.